The van der Waals surface area contributed by atoms with Crippen LogP contribution in [0, 0.1) is 5.82 Å². The minimum Gasteiger partial charge on any atom is -0.323 e. The highest BCUT2D eigenvalue weighted by atomic mass is 79.9. The van der Waals surface area contributed by atoms with Crippen molar-refractivity contribution in [2.45, 2.75) is 12.5 Å². The van der Waals surface area contributed by atoms with Gasteiger partial charge in [0.2, 0.25) is 0 Å². The van der Waals surface area contributed by atoms with Gasteiger partial charge in [0, 0.05) is 19.9 Å². The van der Waals surface area contributed by atoms with Crippen LogP contribution in [0.2, 0.25) is 0 Å². The molecule has 0 fully saturated rings. The van der Waals surface area contributed by atoms with Crippen molar-refractivity contribution in [3.63, 3.8) is 0 Å². The summed E-state index contributed by atoms with van der Waals surface area (Å²) in [5.41, 5.74) is 7.02. The highest BCUT2D eigenvalue weighted by molar-refractivity contribution is 9.13. The minimum absolute atomic E-state index is 0.133. The SMILES string of the molecule is NC(Cc1cc(F)cc(Br)c1)c1cc(Br)c(Br)s1. The monoisotopic (exact) mass is 455 g/mol. The third-order valence-corrected chi connectivity index (χ3v) is 6.25. The van der Waals surface area contributed by atoms with E-state index in [0.717, 1.165) is 23.2 Å². The lowest BCUT2D eigenvalue weighted by Crippen LogP contribution is -2.11. The van der Waals surface area contributed by atoms with Crippen LogP contribution >= 0.6 is 59.1 Å². The Labute approximate surface area is 134 Å². The highest BCUT2D eigenvalue weighted by Gasteiger charge is 2.13. The Morgan fingerprint density at radius 3 is 2.44 bits per heavy atom. The van der Waals surface area contributed by atoms with Gasteiger partial charge in [0.05, 0.1) is 3.79 Å². The molecule has 0 saturated heterocycles. The zero-order valence-corrected chi connectivity index (χ0v) is 14.7. The molecule has 18 heavy (non-hydrogen) atoms. The zero-order valence-electron chi connectivity index (χ0n) is 9.09. The average Bonchev–Trinajstić information content (AvgIpc) is 2.57. The van der Waals surface area contributed by atoms with Crippen LogP contribution in [0.1, 0.15) is 16.5 Å². The smallest absolute Gasteiger partial charge is 0.124 e. The van der Waals surface area contributed by atoms with E-state index in [1.165, 1.54) is 12.1 Å². The molecule has 1 aromatic carbocycles. The number of hydrogen-bond acceptors (Lipinski definition) is 2. The maximum atomic E-state index is 13.3. The molecule has 2 aromatic rings. The van der Waals surface area contributed by atoms with Gasteiger partial charge in [-0.15, -0.1) is 11.3 Å². The molecule has 0 aliphatic carbocycles. The van der Waals surface area contributed by atoms with Gasteiger partial charge < -0.3 is 5.73 Å². The zero-order chi connectivity index (χ0) is 13.3. The summed E-state index contributed by atoms with van der Waals surface area (Å²) >= 11 is 11.7. The second-order valence-corrected chi connectivity index (χ2v) is 8.03. The molecule has 0 bridgehead atoms. The molecule has 0 spiro atoms. The lowest BCUT2D eigenvalue weighted by molar-refractivity contribution is 0.621. The average molecular weight is 458 g/mol. The van der Waals surface area contributed by atoms with Gasteiger partial charge in [-0.05, 0) is 68.1 Å². The first-order chi connectivity index (χ1) is 8.45. The lowest BCUT2D eigenvalue weighted by atomic mass is 10.1. The molecular formula is C12H9Br3FNS. The van der Waals surface area contributed by atoms with Gasteiger partial charge in [0.25, 0.3) is 0 Å². The van der Waals surface area contributed by atoms with Crippen molar-refractivity contribution in [1.29, 1.82) is 0 Å². The maximum Gasteiger partial charge on any atom is 0.124 e. The molecule has 6 heteroatoms. The van der Waals surface area contributed by atoms with Crippen LogP contribution in [0.25, 0.3) is 0 Å². The Bertz CT molecular complexity index is 531. The topological polar surface area (TPSA) is 26.0 Å². The summed E-state index contributed by atoms with van der Waals surface area (Å²) in [6.45, 7) is 0. The van der Waals surface area contributed by atoms with Crippen LogP contribution in [-0.4, -0.2) is 0 Å². The first kappa shape index (κ1) is 14.7. The van der Waals surface area contributed by atoms with Crippen molar-refractivity contribution in [2.75, 3.05) is 0 Å². The second kappa shape index (κ2) is 6.13. The molecule has 0 saturated carbocycles. The predicted molar refractivity (Wildman–Crippen MR) is 84.5 cm³/mol. The molecule has 1 nitrogen and oxygen atoms in total. The molecule has 2 rings (SSSR count). The van der Waals surface area contributed by atoms with Gasteiger partial charge in [0.1, 0.15) is 5.82 Å². The largest absolute Gasteiger partial charge is 0.323 e. The summed E-state index contributed by atoms with van der Waals surface area (Å²) < 4.78 is 16.0. The van der Waals surface area contributed by atoms with Gasteiger partial charge in [-0.1, -0.05) is 15.9 Å². The maximum absolute atomic E-state index is 13.3. The summed E-state index contributed by atoms with van der Waals surface area (Å²) in [6, 6.07) is 6.70. The number of hydrogen-bond donors (Lipinski definition) is 1. The number of rotatable bonds is 3. The third kappa shape index (κ3) is 3.63. The van der Waals surface area contributed by atoms with Crippen LogP contribution in [0.3, 0.4) is 0 Å². The van der Waals surface area contributed by atoms with E-state index in [4.69, 9.17) is 5.73 Å². The Morgan fingerprint density at radius 1 is 1.17 bits per heavy atom. The van der Waals surface area contributed by atoms with Crippen LogP contribution in [0.15, 0.2) is 37.0 Å². The number of benzene rings is 1. The summed E-state index contributed by atoms with van der Waals surface area (Å²) in [4.78, 5) is 1.06. The Hall–Kier alpha value is 0.250. The number of nitrogens with two attached hydrogens (primary N) is 1. The lowest BCUT2D eigenvalue weighted by Gasteiger charge is -2.10. The second-order valence-electron chi connectivity index (χ2n) is 3.86. The number of halogens is 4. The highest BCUT2D eigenvalue weighted by Crippen LogP contribution is 2.35. The Balaban J connectivity index is 2.18. The molecule has 0 radical (unpaired) electrons. The summed E-state index contributed by atoms with van der Waals surface area (Å²) in [5.74, 6) is -0.250. The van der Waals surface area contributed by atoms with Crippen LogP contribution < -0.4 is 5.73 Å². The third-order valence-electron chi connectivity index (χ3n) is 2.41. The van der Waals surface area contributed by atoms with E-state index in [0.29, 0.717) is 6.42 Å². The molecule has 2 N–H and O–H groups in total. The van der Waals surface area contributed by atoms with E-state index in [9.17, 15) is 4.39 Å². The first-order valence-electron chi connectivity index (χ1n) is 5.11. The van der Waals surface area contributed by atoms with E-state index in [1.807, 2.05) is 12.1 Å². The van der Waals surface area contributed by atoms with Gasteiger partial charge in [-0.25, -0.2) is 4.39 Å². The van der Waals surface area contributed by atoms with Crippen molar-refractivity contribution >= 4 is 59.1 Å². The fourth-order valence-electron chi connectivity index (χ4n) is 1.63. The molecule has 0 aliphatic heterocycles. The Kier molecular flexibility index (Phi) is 4.99. The quantitative estimate of drug-likeness (QED) is 0.654. The molecule has 1 aromatic heterocycles. The summed E-state index contributed by atoms with van der Waals surface area (Å²) in [5, 5.41) is 0. The molecule has 0 aliphatic rings. The van der Waals surface area contributed by atoms with Crippen molar-refractivity contribution in [1.82, 2.24) is 0 Å². The van der Waals surface area contributed by atoms with Crippen molar-refractivity contribution in [3.8, 4) is 0 Å². The van der Waals surface area contributed by atoms with Gasteiger partial charge >= 0.3 is 0 Å². The van der Waals surface area contributed by atoms with Gasteiger partial charge in [0.15, 0.2) is 0 Å². The van der Waals surface area contributed by atoms with E-state index in [2.05, 4.69) is 47.8 Å². The predicted octanol–water partition coefficient (Wildman–Crippen LogP) is 5.42. The first-order valence-corrected chi connectivity index (χ1v) is 8.30. The van der Waals surface area contributed by atoms with Gasteiger partial charge in [-0.3, -0.25) is 0 Å². The fraction of sp³-hybridized carbons (Fsp3) is 0.167. The summed E-state index contributed by atoms with van der Waals surface area (Å²) in [7, 11) is 0. The van der Waals surface area contributed by atoms with Crippen LogP contribution in [0.4, 0.5) is 4.39 Å². The van der Waals surface area contributed by atoms with Crippen molar-refractivity contribution in [3.05, 3.63) is 53.3 Å². The van der Waals surface area contributed by atoms with E-state index >= 15 is 0 Å². The van der Waals surface area contributed by atoms with E-state index in [1.54, 1.807) is 11.3 Å². The van der Waals surface area contributed by atoms with Crippen molar-refractivity contribution < 1.29 is 4.39 Å². The van der Waals surface area contributed by atoms with Gasteiger partial charge in [-0.2, -0.15) is 0 Å². The molecule has 1 heterocycles. The molecule has 0 amide bonds. The Morgan fingerprint density at radius 2 is 1.89 bits per heavy atom. The van der Waals surface area contributed by atoms with E-state index < -0.39 is 0 Å². The fourth-order valence-corrected chi connectivity index (χ4v) is 4.23. The van der Waals surface area contributed by atoms with Crippen LogP contribution in [0.5, 0.6) is 0 Å². The summed E-state index contributed by atoms with van der Waals surface area (Å²) in [6.07, 6.45) is 0.607. The minimum atomic E-state index is -0.250. The molecular weight excluding hydrogens is 449 g/mol. The molecule has 1 atom stereocenters. The van der Waals surface area contributed by atoms with Crippen molar-refractivity contribution in [2.24, 2.45) is 5.73 Å². The van der Waals surface area contributed by atoms with Crippen LogP contribution in [-0.2, 0) is 6.42 Å². The van der Waals surface area contributed by atoms with E-state index in [-0.39, 0.29) is 11.9 Å². The standard InChI is InChI=1S/C12H9Br3FNS/c13-7-1-6(2-8(16)4-7)3-10(17)11-5-9(14)12(15)18-11/h1-2,4-5,10H,3,17H2. The normalized spacial score (nSPS) is 12.7. The molecule has 96 valence electrons. The molecule has 1 unspecified atom stereocenters. The number of thiophene rings is 1.